The zero-order valence-corrected chi connectivity index (χ0v) is 8.91. The Hall–Kier alpha value is -1.62. The second kappa shape index (κ2) is 6.79. The minimum atomic E-state index is -0.319. The fraction of sp³-hybridized carbons (Fsp3) is 0.364. The lowest BCUT2D eigenvalue weighted by Gasteiger charge is -2.05. The summed E-state index contributed by atoms with van der Waals surface area (Å²) in [6, 6.07) is 5.97. The Morgan fingerprint density at radius 2 is 2.25 bits per heavy atom. The van der Waals surface area contributed by atoms with Crippen molar-refractivity contribution in [1.82, 2.24) is 5.43 Å². The molecule has 0 bridgehead atoms. The highest BCUT2D eigenvalue weighted by molar-refractivity contribution is 5.75. The number of halogens is 1. The summed E-state index contributed by atoms with van der Waals surface area (Å²) in [6.07, 6.45) is 1.80. The first-order valence-corrected chi connectivity index (χ1v) is 5.10. The summed E-state index contributed by atoms with van der Waals surface area (Å²) in [5.41, 5.74) is 2.05. The van der Waals surface area contributed by atoms with Crippen LogP contribution in [-0.2, 0) is 4.79 Å². The van der Waals surface area contributed by atoms with Crippen LogP contribution in [0.4, 0.5) is 4.39 Å². The number of hydrogen-bond acceptors (Lipinski definition) is 3. The lowest BCUT2D eigenvalue weighted by Crippen LogP contribution is -2.29. The van der Waals surface area contributed by atoms with Gasteiger partial charge in [-0.05, 0) is 25.0 Å². The monoisotopic (exact) mass is 226 g/mol. The van der Waals surface area contributed by atoms with E-state index in [0.29, 0.717) is 25.2 Å². The van der Waals surface area contributed by atoms with Crippen LogP contribution in [0.1, 0.15) is 19.3 Å². The fourth-order valence-corrected chi connectivity index (χ4v) is 1.21. The van der Waals surface area contributed by atoms with Gasteiger partial charge in [0.1, 0.15) is 11.6 Å². The van der Waals surface area contributed by atoms with Crippen LogP contribution < -0.4 is 16.0 Å². The van der Waals surface area contributed by atoms with Crippen molar-refractivity contribution < 1.29 is 13.9 Å². The van der Waals surface area contributed by atoms with Crippen LogP contribution in [0, 0.1) is 5.82 Å². The van der Waals surface area contributed by atoms with Gasteiger partial charge in [-0.1, -0.05) is 6.07 Å². The van der Waals surface area contributed by atoms with Gasteiger partial charge in [0.05, 0.1) is 6.61 Å². The molecule has 0 heterocycles. The fourth-order valence-electron chi connectivity index (χ4n) is 1.21. The van der Waals surface area contributed by atoms with E-state index in [-0.39, 0.29) is 11.7 Å². The number of hydrogen-bond donors (Lipinski definition) is 2. The number of unbranched alkanes of at least 4 members (excludes halogenated alkanes) is 1. The maximum absolute atomic E-state index is 12.7. The summed E-state index contributed by atoms with van der Waals surface area (Å²) in [4.78, 5) is 10.8. The number of hydrazine groups is 1. The van der Waals surface area contributed by atoms with Crippen molar-refractivity contribution in [2.45, 2.75) is 19.3 Å². The molecule has 0 unspecified atom stereocenters. The third kappa shape index (κ3) is 4.75. The normalized spacial score (nSPS) is 9.88. The molecule has 0 aliphatic rings. The number of nitrogens with one attached hydrogen (secondary N) is 1. The highest BCUT2D eigenvalue weighted by Crippen LogP contribution is 2.12. The molecule has 0 saturated heterocycles. The van der Waals surface area contributed by atoms with E-state index in [0.717, 1.165) is 6.42 Å². The van der Waals surface area contributed by atoms with Crippen LogP contribution >= 0.6 is 0 Å². The zero-order valence-electron chi connectivity index (χ0n) is 8.91. The van der Waals surface area contributed by atoms with Gasteiger partial charge in [-0.15, -0.1) is 0 Å². The molecule has 3 N–H and O–H groups in total. The van der Waals surface area contributed by atoms with Crippen LogP contribution in [0.3, 0.4) is 0 Å². The van der Waals surface area contributed by atoms with Crippen LogP contribution in [-0.4, -0.2) is 12.5 Å². The molecule has 0 aromatic heterocycles. The van der Waals surface area contributed by atoms with E-state index in [1.165, 1.54) is 12.1 Å². The summed E-state index contributed by atoms with van der Waals surface area (Å²) >= 11 is 0. The van der Waals surface area contributed by atoms with E-state index in [4.69, 9.17) is 10.6 Å². The first kappa shape index (κ1) is 12.4. The summed E-state index contributed by atoms with van der Waals surface area (Å²) in [6.45, 7) is 0.460. The standard InChI is InChI=1S/C11H15FN2O2/c12-9-4-3-5-10(8-9)16-7-2-1-6-11(15)14-13/h3-5,8H,1-2,6-7,13H2,(H,14,15). The van der Waals surface area contributed by atoms with Crippen molar-refractivity contribution in [3.05, 3.63) is 30.1 Å². The summed E-state index contributed by atoms with van der Waals surface area (Å²) in [5.74, 6) is 4.92. The Labute approximate surface area is 93.6 Å². The third-order valence-electron chi connectivity index (χ3n) is 2.02. The summed E-state index contributed by atoms with van der Waals surface area (Å²) < 4.78 is 18.0. The Kier molecular flexibility index (Phi) is 5.28. The van der Waals surface area contributed by atoms with E-state index in [1.807, 2.05) is 0 Å². The van der Waals surface area contributed by atoms with Crippen molar-refractivity contribution in [1.29, 1.82) is 0 Å². The molecule has 0 spiro atoms. The van der Waals surface area contributed by atoms with Crippen LogP contribution in [0.25, 0.3) is 0 Å². The number of carbonyl (C=O) groups is 1. The van der Waals surface area contributed by atoms with Gasteiger partial charge in [-0.3, -0.25) is 10.2 Å². The predicted molar refractivity (Wildman–Crippen MR) is 58.1 cm³/mol. The Morgan fingerprint density at radius 1 is 1.44 bits per heavy atom. The van der Waals surface area contributed by atoms with E-state index >= 15 is 0 Å². The van der Waals surface area contributed by atoms with E-state index in [1.54, 1.807) is 12.1 Å². The molecule has 0 atom stereocenters. The molecule has 16 heavy (non-hydrogen) atoms. The van der Waals surface area contributed by atoms with Gasteiger partial charge in [-0.25, -0.2) is 10.2 Å². The Bertz CT molecular complexity index is 345. The predicted octanol–water partition coefficient (Wildman–Crippen LogP) is 1.36. The van der Waals surface area contributed by atoms with Crippen LogP contribution in [0.15, 0.2) is 24.3 Å². The second-order valence-electron chi connectivity index (χ2n) is 3.33. The molecule has 1 aromatic carbocycles. The summed E-state index contributed by atoms with van der Waals surface area (Å²) in [5, 5.41) is 0. The van der Waals surface area contributed by atoms with Crippen molar-refractivity contribution in [3.63, 3.8) is 0 Å². The first-order valence-electron chi connectivity index (χ1n) is 5.10. The van der Waals surface area contributed by atoms with Gasteiger partial charge in [0, 0.05) is 12.5 Å². The number of nitrogens with two attached hydrogens (primary N) is 1. The Morgan fingerprint density at radius 3 is 2.94 bits per heavy atom. The highest BCUT2D eigenvalue weighted by Gasteiger charge is 1.99. The number of benzene rings is 1. The topological polar surface area (TPSA) is 64.3 Å². The van der Waals surface area contributed by atoms with E-state index in [2.05, 4.69) is 5.43 Å². The minimum absolute atomic E-state index is 0.189. The quantitative estimate of drug-likeness (QED) is 0.333. The van der Waals surface area contributed by atoms with Gasteiger partial charge in [0.25, 0.3) is 0 Å². The lowest BCUT2D eigenvalue weighted by atomic mass is 10.2. The smallest absolute Gasteiger partial charge is 0.233 e. The van der Waals surface area contributed by atoms with Gasteiger partial charge in [0.2, 0.25) is 5.91 Å². The lowest BCUT2D eigenvalue weighted by molar-refractivity contribution is -0.121. The third-order valence-corrected chi connectivity index (χ3v) is 2.02. The summed E-state index contributed by atoms with van der Waals surface area (Å²) in [7, 11) is 0. The largest absolute Gasteiger partial charge is 0.493 e. The molecule has 1 amide bonds. The zero-order chi connectivity index (χ0) is 11.8. The molecule has 0 saturated carbocycles. The average molecular weight is 226 g/mol. The molecular weight excluding hydrogens is 211 g/mol. The van der Waals surface area contributed by atoms with Crippen molar-refractivity contribution in [3.8, 4) is 5.75 Å². The van der Waals surface area contributed by atoms with Crippen molar-refractivity contribution in [2.75, 3.05) is 6.61 Å². The molecule has 4 nitrogen and oxygen atoms in total. The van der Waals surface area contributed by atoms with Crippen LogP contribution in [0.5, 0.6) is 5.75 Å². The first-order chi connectivity index (χ1) is 7.72. The average Bonchev–Trinajstić information content (AvgIpc) is 2.28. The van der Waals surface area contributed by atoms with Gasteiger partial charge >= 0.3 is 0 Å². The maximum atomic E-state index is 12.7. The molecule has 0 fully saturated rings. The molecule has 0 aliphatic heterocycles. The van der Waals surface area contributed by atoms with Gasteiger partial charge < -0.3 is 4.74 Å². The van der Waals surface area contributed by atoms with Gasteiger partial charge in [0.15, 0.2) is 0 Å². The second-order valence-corrected chi connectivity index (χ2v) is 3.33. The molecular formula is C11H15FN2O2. The van der Waals surface area contributed by atoms with E-state index < -0.39 is 0 Å². The Balaban J connectivity index is 2.14. The van der Waals surface area contributed by atoms with Crippen molar-refractivity contribution >= 4 is 5.91 Å². The SMILES string of the molecule is NNC(=O)CCCCOc1cccc(F)c1. The maximum Gasteiger partial charge on any atom is 0.233 e. The number of carbonyl (C=O) groups excluding carboxylic acids is 1. The molecule has 0 radical (unpaired) electrons. The molecule has 5 heteroatoms. The molecule has 0 aliphatic carbocycles. The highest BCUT2D eigenvalue weighted by atomic mass is 19.1. The molecule has 88 valence electrons. The minimum Gasteiger partial charge on any atom is -0.493 e. The number of rotatable bonds is 6. The van der Waals surface area contributed by atoms with Gasteiger partial charge in [-0.2, -0.15) is 0 Å². The molecule has 1 aromatic rings. The number of ether oxygens (including phenoxy) is 1. The molecule has 1 rings (SSSR count). The van der Waals surface area contributed by atoms with E-state index in [9.17, 15) is 9.18 Å². The van der Waals surface area contributed by atoms with Crippen molar-refractivity contribution in [2.24, 2.45) is 5.84 Å². The van der Waals surface area contributed by atoms with Crippen LogP contribution in [0.2, 0.25) is 0 Å². The number of amides is 1.